The molecule has 0 spiro atoms. The second-order valence-electron chi connectivity index (χ2n) is 13.2. The molecule has 0 aromatic heterocycles. The number of ether oxygens (including phenoxy) is 2. The zero-order chi connectivity index (χ0) is 37.4. The van der Waals surface area contributed by atoms with Gasteiger partial charge in [0.05, 0.1) is 12.3 Å². The number of hydrogen-bond donors (Lipinski definition) is 0. The number of carbonyl (C=O) groups is 2. The molecule has 4 nitrogen and oxygen atoms in total. The molecule has 7 rings (SSSR count). The molecule has 0 radical (unpaired) electrons. The lowest BCUT2D eigenvalue weighted by Crippen LogP contribution is -2.34. The fraction of sp³-hybridized carbons (Fsp3) is 0.0833. The first-order chi connectivity index (χ1) is 26.4. The van der Waals surface area contributed by atoms with Crippen LogP contribution in [0.5, 0.6) is 11.5 Å². The van der Waals surface area contributed by atoms with E-state index in [0.29, 0.717) is 11.5 Å². The van der Waals surface area contributed by atoms with Crippen LogP contribution in [0.1, 0.15) is 25.0 Å². The molecule has 266 valence electrons. The van der Waals surface area contributed by atoms with Gasteiger partial charge in [0.1, 0.15) is 57.9 Å². The monoisotopic (exact) mass is 744 g/mol. The number of esters is 2. The summed E-state index contributed by atoms with van der Waals surface area (Å²) >= 11 is 0. The van der Waals surface area contributed by atoms with E-state index in [1.807, 2.05) is 24.3 Å². The predicted octanol–water partition coefficient (Wildman–Crippen LogP) is 8.53. The second-order valence-corrected chi connectivity index (χ2v) is 20.2. The van der Waals surface area contributed by atoms with E-state index in [4.69, 9.17) is 9.47 Å². The normalized spacial score (nSPS) is 11.4. The van der Waals surface area contributed by atoms with E-state index in [1.165, 1.54) is 56.8 Å². The summed E-state index contributed by atoms with van der Waals surface area (Å²) in [5.41, 5.74) is 2.57. The zero-order valence-electron chi connectivity index (χ0n) is 30.4. The van der Waals surface area contributed by atoms with Crippen LogP contribution in [0, 0.1) is 0 Å². The topological polar surface area (TPSA) is 52.6 Å². The van der Waals surface area contributed by atoms with Gasteiger partial charge in [-0.1, -0.05) is 97.1 Å². The Morgan fingerprint density at radius 1 is 0.352 bits per heavy atom. The van der Waals surface area contributed by atoms with Gasteiger partial charge in [-0.25, -0.2) is 0 Å². The van der Waals surface area contributed by atoms with E-state index < -0.39 is 14.5 Å². The third-order valence-electron chi connectivity index (χ3n) is 9.80. The van der Waals surface area contributed by atoms with Crippen LogP contribution in [-0.4, -0.2) is 11.9 Å². The molecule has 0 atom stereocenters. The predicted molar refractivity (Wildman–Crippen MR) is 227 cm³/mol. The van der Waals surface area contributed by atoms with Crippen molar-refractivity contribution in [2.24, 2.45) is 0 Å². The van der Waals surface area contributed by atoms with Crippen molar-refractivity contribution in [3.8, 4) is 11.5 Å². The number of carbonyl (C=O) groups excluding carboxylic acids is 2. The number of hydrogen-bond acceptors (Lipinski definition) is 4. The molecule has 0 aliphatic carbocycles. The van der Waals surface area contributed by atoms with Gasteiger partial charge in [0, 0.05) is 13.8 Å². The Labute approximate surface area is 319 Å². The molecule has 7 aromatic rings. The highest BCUT2D eigenvalue weighted by Crippen LogP contribution is 2.62. The molecule has 0 heterocycles. The molecule has 0 aliphatic heterocycles. The van der Waals surface area contributed by atoms with Gasteiger partial charge < -0.3 is 9.47 Å². The van der Waals surface area contributed by atoms with Crippen molar-refractivity contribution in [3.63, 3.8) is 0 Å². The van der Waals surface area contributed by atoms with Crippen molar-refractivity contribution in [2.45, 2.75) is 26.2 Å². The molecule has 0 aliphatic rings. The quantitative estimate of drug-likeness (QED) is 0.0716. The average molecular weight is 745 g/mol. The van der Waals surface area contributed by atoms with Crippen LogP contribution in [0.2, 0.25) is 0 Å². The van der Waals surface area contributed by atoms with Crippen molar-refractivity contribution >= 4 is 58.3 Å². The van der Waals surface area contributed by atoms with Crippen molar-refractivity contribution in [1.29, 1.82) is 0 Å². The lowest BCUT2D eigenvalue weighted by atomic mass is 10.1. The fourth-order valence-electron chi connectivity index (χ4n) is 7.42. The summed E-state index contributed by atoms with van der Waals surface area (Å²) in [6, 6.07) is 68.6. The van der Waals surface area contributed by atoms with E-state index in [1.54, 1.807) is 0 Å². The first-order valence-electron chi connectivity index (χ1n) is 18.0. The minimum Gasteiger partial charge on any atom is -0.427 e. The Bertz CT molecular complexity index is 2070. The summed E-state index contributed by atoms with van der Waals surface area (Å²) in [7, 11) is -4.67. The first-order valence-corrected chi connectivity index (χ1v) is 22.0. The molecule has 0 N–H and O–H groups in total. The summed E-state index contributed by atoms with van der Waals surface area (Å²) in [5, 5.41) is 7.52. The first kappa shape index (κ1) is 36.7. The molecular formula is C48H42O4P2+2. The molecule has 0 saturated heterocycles. The highest BCUT2D eigenvalue weighted by molar-refractivity contribution is 7.95. The Morgan fingerprint density at radius 3 is 0.852 bits per heavy atom. The van der Waals surface area contributed by atoms with Gasteiger partial charge in [-0.2, -0.15) is 0 Å². The van der Waals surface area contributed by atoms with E-state index >= 15 is 0 Å². The van der Waals surface area contributed by atoms with Crippen LogP contribution in [0.4, 0.5) is 0 Å². The number of benzene rings is 7. The van der Waals surface area contributed by atoms with Crippen LogP contribution in [-0.2, 0) is 21.9 Å². The molecule has 54 heavy (non-hydrogen) atoms. The Balaban J connectivity index is 1.44. The summed E-state index contributed by atoms with van der Waals surface area (Å²) in [5.74, 6) is 0.388. The van der Waals surface area contributed by atoms with Crippen molar-refractivity contribution in [1.82, 2.24) is 0 Å². The molecule has 6 heteroatoms. The van der Waals surface area contributed by atoms with Crippen LogP contribution in [0.3, 0.4) is 0 Å². The van der Waals surface area contributed by atoms with Gasteiger partial charge in [-0.15, -0.1) is 0 Å². The fourth-order valence-corrected chi connectivity index (χ4v) is 16.0. The Kier molecular flexibility index (Phi) is 11.3. The molecular weight excluding hydrogens is 702 g/mol. The Hall–Kier alpha value is -5.66. The van der Waals surface area contributed by atoms with Crippen LogP contribution in [0.15, 0.2) is 194 Å². The third kappa shape index (κ3) is 7.68. The average Bonchev–Trinajstić information content (AvgIpc) is 3.21. The summed E-state index contributed by atoms with van der Waals surface area (Å²) in [6.07, 6.45) is 1.58. The maximum atomic E-state index is 11.9. The van der Waals surface area contributed by atoms with Gasteiger partial charge in [0.2, 0.25) is 0 Å². The van der Waals surface area contributed by atoms with E-state index in [0.717, 1.165) is 12.3 Å². The number of rotatable bonds is 12. The van der Waals surface area contributed by atoms with Crippen LogP contribution in [0.25, 0.3) is 0 Å². The molecule has 0 unspecified atom stereocenters. The minimum absolute atomic E-state index is 0.339. The zero-order valence-corrected chi connectivity index (χ0v) is 32.2. The lowest BCUT2D eigenvalue weighted by molar-refractivity contribution is -0.132. The molecule has 0 amide bonds. The highest BCUT2D eigenvalue weighted by Gasteiger charge is 2.49. The van der Waals surface area contributed by atoms with Crippen LogP contribution < -0.4 is 41.3 Å². The van der Waals surface area contributed by atoms with E-state index in [-0.39, 0.29) is 11.9 Å². The van der Waals surface area contributed by atoms with Gasteiger partial charge in [0.25, 0.3) is 0 Å². The van der Waals surface area contributed by atoms with E-state index in [9.17, 15) is 9.59 Å². The molecule has 7 aromatic carbocycles. The second kappa shape index (κ2) is 16.6. The summed E-state index contributed by atoms with van der Waals surface area (Å²) in [4.78, 5) is 23.7. The molecule has 0 fully saturated rings. The van der Waals surface area contributed by atoms with Crippen molar-refractivity contribution in [3.05, 3.63) is 205 Å². The molecule has 0 saturated carbocycles. The van der Waals surface area contributed by atoms with Gasteiger partial charge in [-0.3, -0.25) is 9.59 Å². The van der Waals surface area contributed by atoms with Crippen molar-refractivity contribution < 1.29 is 19.1 Å². The maximum absolute atomic E-state index is 11.9. The summed E-state index contributed by atoms with van der Waals surface area (Å²) < 4.78 is 11.0. The van der Waals surface area contributed by atoms with Crippen molar-refractivity contribution in [2.75, 3.05) is 0 Å². The van der Waals surface area contributed by atoms with Gasteiger partial charge in [0.15, 0.2) is 0 Å². The highest BCUT2D eigenvalue weighted by atomic mass is 31.2. The molecule has 0 bridgehead atoms. The smallest absolute Gasteiger partial charge is 0.308 e. The van der Waals surface area contributed by atoms with Gasteiger partial charge >= 0.3 is 11.9 Å². The Morgan fingerprint density at radius 2 is 0.593 bits per heavy atom. The van der Waals surface area contributed by atoms with Crippen LogP contribution >= 0.6 is 14.5 Å². The largest absolute Gasteiger partial charge is 0.427 e. The standard InChI is InChI=1S/C48H42O4P2/c1-37(49)51-41-27-31-47(32-28-41)53(43-19-7-3-8-20-43,44-21-9-4-10-22-44)35-39-17-15-16-18-40(39)36-54(45-23-11-5-12-24-45,46-25-13-6-14-26-46)48-33-29-42(30-34-48)52-38(2)50/h3-34H,35-36H2,1-2H3/q+2. The van der Waals surface area contributed by atoms with Gasteiger partial charge in [-0.05, 0) is 108 Å². The summed E-state index contributed by atoms with van der Waals surface area (Å²) in [6.45, 7) is 2.86. The third-order valence-corrected chi connectivity index (χ3v) is 18.5. The lowest BCUT2D eigenvalue weighted by Gasteiger charge is -2.31. The SMILES string of the molecule is CC(=O)Oc1ccc([P+](Cc2ccccc2C[P+](c2ccccc2)(c2ccccc2)c2ccc(OC(C)=O)cc2)(c2ccccc2)c2ccccc2)cc1. The minimum atomic E-state index is -2.33. The van der Waals surface area contributed by atoms with E-state index in [2.05, 4.69) is 170 Å². The maximum Gasteiger partial charge on any atom is 0.308 e.